The van der Waals surface area contributed by atoms with Crippen molar-refractivity contribution in [2.45, 2.75) is 45.3 Å². The number of aliphatic carboxylic acids is 1. The number of anilines is 1. The largest absolute Gasteiger partial charge is 0.481 e. The van der Waals surface area contributed by atoms with E-state index < -0.39 is 53.4 Å². The molecule has 0 radical (unpaired) electrons. The molecule has 0 aliphatic carbocycles. The normalized spacial score (nSPS) is 12.2. The summed E-state index contributed by atoms with van der Waals surface area (Å²) in [6.07, 6.45) is -1.70. The third kappa shape index (κ3) is 7.34. The van der Waals surface area contributed by atoms with Gasteiger partial charge in [0.25, 0.3) is 0 Å². The molecule has 0 fully saturated rings. The average molecular weight is 437 g/mol. The number of alkyl carbamates (subject to hydrolysis) is 1. The van der Waals surface area contributed by atoms with Crippen molar-refractivity contribution in [2.24, 2.45) is 0 Å². The van der Waals surface area contributed by atoms with Gasteiger partial charge in [-0.15, -0.1) is 0 Å². The molecule has 0 heterocycles. The second-order valence-electron chi connectivity index (χ2n) is 6.36. The van der Waals surface area contributed by atoms with E-state index in [9.17, 15) is 23.2 Å². The average Bonchev–Trinajstić information content (AvgIpc) is 2.44. The van der Waals surface area contributed by atoms with Crippen LogP contribution in [0.2, 0.25) is 0 Å². The molecular formula is C16H19BrF2N2O5. The number of carbonyl (C=O) groups is 3. The van der Waals surface area contributed by atoms with Crippen molar-refractivity contribution in [3.8, 4) is 0 Å². The maximum Gasteiger partial charge on any atom is 0.408 e. The summed E-state index contributed by atoms with van der Waals surface area (Å²) in [4.78, 5) is 34.9. The van der Waals surface area contributed by atoms with E-state index >= 15 is 0 Å². The van der Waals surface area contributed by atoms with Crippen molar-refractivity contribution < 1.29 is 33.0 Å². The van der Waals surface area contributed by atoms with Gasteiger partial charge in [-0.05, 0) is 39.3 Å². The predicted molar refractivity (Wildman–Crippen MR) is 92.7 cm³/mol. The van der Waals surface area contributed by atoms with Crippen molar-refractivity contribution in [1.82, 2.24) is 5.32 Å². The van der Waals surface area contributed by atoms with Gasteiger partial charge in [-0.1, -0.05) is 15.9 Å². The first kappa shape index (κ1) is 21.8. The van der Waals surface area contributed by atoms with Crippen LogP contribution < -0.4 is 10.6 Å². The van der Waals surface area contributed by atoms with E-state index in [0.29, 0.717) is 0 Å². The Morgan fingerprint density at radius 2 is 1.77 bits per heavy atom. The quantitative estimate of drug-likeness (QED) is 0.633. The van der Waals surface area contributed by atoms with Crippen LogP contribution in [0.15, 0.2) is 16.6 Å². The summed E-state index contributed by atoms with van der Waals surface area (Å²) in [5, 5.41) is 13.0. The molecule has 1 aromatic carbocycles. The molecule has 144 valence electrons. The van der Waals surface area contributed by atoms with Crippen LogP contribution in [0.3, 0.4) is 0 Å². The monoisotopic (exact) mass is 436 g/mol. The van der Waals surface area contributed by atoms with Gasteiger partial charge in [0.05, 0.1) is 0 Å². The van der Waals surface area contributed by atoms with Crippen LogP contribution in [0.5, 0.6) is 0 Å². The number of carboxylic acid groups (broad SMARTS) is 1. The zero-order valence-electron chi connectivity index (χ0n) is 14.4. The molecule has 26 heavy (non-hydrogen) atoms. The number of amides is 2. The molecule has 0 saturated carbocycles. The number of benzene rings is 1. The van der Waals surface area contributed by atoms with Gasteiger partial charge in [0.15, 0.2) is 11.6 Å². The van der Waals surface area contributed by atoms with Gasteiger partial charge >= 0.3 is 12.1 Å². The van der Waals surface area contributed by atoms with Crippen LogP contribution in [-0.4, -0.2) is 34.7 Å². The molecule has 10 heteroatoms. The highest BCUT2D eigenvalue weighted by Gasteiger charge is 2.26. The molecule has 0 aliphatic heterocycles. The van der Waals surface area contributed by atoms with Crippen LogP contribution >= 0.6 is 15.9 Å². The Balaban J connectivity index is 2.94. The van der Waals surface area contributed by atoms with Gasteiger partial charge < -0.3 is 20.5 Å². The number of nitrogens with one attached hydrogen (secondary N) is 2. The van der Waals surface area contributed by atoms with E-state index in [1.807, 2.05) is 5.32 Å². The lowest BCUT2D eigenvalue weighted by molar-refractivity contribution is -0.137. The third-order valence-corrected chi connectivity index (χ3v) is 3.37. The minimum atomic E-state index is -1.36. The van der Waals surface area contributed by atoms with E-state index in [2.05, 4.69) is 21.2 Å². The summed E-state index contributed by atoms with van der Waals surface area (Å²) in [5.41, 5.74) is -1.55. The highest BCUT2D eigenvalue weighted by atomic mass is 79.9. The second kappa shape index (κ2) is 8.93. The lowest BCUT2D eigenvalue weighted by Gasteiger charge is -2.23. The maximum atomic E-state index is 13.8. The fraction of sp³-hybridized carbons (Fsp3) is 0.438. The first-order valence-electron chi connectivity index (χ1n) is 7.56. The lowest BCUT2D eigenvalue weighted by atomic mass is 10.1. The van der Waals surface area contributed by atoms with Gasteiger partial charge in [-0.25, -0.2) is 13.6 Å². The number of carbonyl (C=O) groups excluding carboxylic acids is 2. The summed E-state index contributed by atoms with van der Waals surface area (Å²) >= 11 is 2.91. The molecule has 0 unspecified atom stereocenters. The summed E-state index contributed by atoms with van der Waals surface area (Å²) in [5.74, 6) is -4.23. The first-order valence-corrected chi connectivity index (χ1v) is 8.35. The molecular weight excluding hydrogens is 418 g/mol. The Morgan fingerprint density at radius 1 is 1.23 bits per heavy atom. The van der Waals surface area contributed by atoms with E-state index in [-0.39, 0.29) is 10.9 Å². The maximum absolute atomic E-state index is 13.8. The van der Waals surface area contributed by atoms with Gasteiger partial charge in [0.1, 0.15) is 17.3 Å². The molecule has 1 rings (SSSR count). The molecule has 0 aromatic heterocycles. The zero-order valence-corrected chi connectivity index (χ0v) is 15.9. The summed E-state index contributed by atoms with van der Waals surface area (Å²) < 4.78 is 32.8. The van der Waals surface area contributed by atoms with E-state index in [4.69, 9.17) is 9.84 Å². The Morgan fingerprint density at radius 3 is 2.23 bits per heavy atom. The molecule has 0 saturated heterocycles. The van der Waals surface area contributed by atoms with Crippen molar-refractivity contribution in [3.63, 3.8) is 0 Å². The first-order chi connectivity index (χ1) is 11.9. The number of rotatable bonds is 6. The van der Waals surface area contributed by atoms with Crippen LogP contribution in [0, 0.1) is 11.6 Å². The topological polar surface area (TPSA) is 105 Å². The SMILES string of the molecule is CC(C)(C)OC(=O)N[C@H](CCC(=O)O)C(=O)Nc1c(F)cc(Br)cc1F. The fourth-order valence-electron chi connectivity index (χ4n) is 1.86. The van der Waals surface area contributed by atoms with Gasteiger partial charge in [0.2, 0.25) is 5.91 Å². The molecule has 3 N–H and O–H groups in total. The Kier molecular flexibility index (Phi) is 7.49. The number of halogens is 3. The standard InChI is InChI=1S/C16H19BrF2N2O5/c1-16(2,3)26-15(25)20-11(4-5-12(22)23)14(24)21-13-9(18)6-8(17)7-10(13)19/h6-7,11H,4-5H2,1-3H3,(H,20,25)(H,21,24)(H,22,23)/t11-/m1/s1. The predicted octanol–water partition coefficient (Wildman–Crippen LogP) is 3.42. The molecule has 7 nitrogen and oxygen atoms in total. The summed E-state index contributed by atoms with van der Waals surface area (Å²) in [7, 11) is 0. The highest BCUT2D eigenvalue weighted by molar-refractivity contribution is 9.10. The van der Waals surface area contributed by atoms with Crippen LogP contribution in [0.1, 0.15) is 33.6 Å². The molecule has 0 bridgehead atoms. The van der Waals surface area contributed by atoms with Crippen molar-refractivity contribution >= 4 is 39.6 Å². The minimum absolute atomic E-state index is 0.139. The van der Waals surface area contributed by atoms with Gasteiger partial charge in [-0.3, -0.25) is 9.59 Å². The smallest absolute Gasteiger partial charge is 0.408 e. The number of carboxylic acids is 1. The lowest BCUT2D eigenvalue weighted by Crippen LogP contribution is -2.46. The Bertz CT molecular complexity index is 683. The fourth-order valence-corrected chi connectivity index (χ4v) is 2.26. The van der Waals surface area contributed by atoms with E-state index in [1.54, 1.807) is 20.8 Å². The van der Waals surface area contributed by atoms with Crippen LogP contribution in [0.25, 0.3) is 0 Å². The zero-order chi connectivity index (χ0) is 20.1. The van der Waals surface area contributed by atoms with E-state index in [0.717, 1.165) is 12.1 Å². The number of hydrogen-bond acceptors (Lipinski definition) is 4. The molecule has 1 aromatic rings. The number of ether oxygens (including phenoxy) is 1. The van der Waals surface area contributed by atoms with Crippen LogP contribution in [0.4, 0.5) is 19.3 Å². The number of hydrogen-bond donors (Lipinski definition) is 3. The molecule has 1 atom stereocenters. The minimum Gasteiger partial charge on any atom is -0.481 e. The van der Waals surface area contributed by atoms with Crippen LogP contribution in [-0.2, 0) is 14.3 Å². The van der Waals surface area contributed by atoms with Gasteiger partial charge in [-0.2, -0.15) is 0 Å². The molecule has 0 spiro atoms. The molecule has 0 aliphatic rings. The van der Waals surface area contributed by atoms with Crippen molar-refractivity contribution in [3.05, 3.63) is 28.2 Å². The third-order valence-electron chi connectivity index (χ3n) is 2.91. The molecule has 2 amide bonds. The highest BCUT2D eigenvalue weighted by Crippen LogP contribution is 2.24. The summed E-state index contributed by atoms with van der Waals surface area (Å²) in [6, 6.07) is 0.543. The Labute approximate surface area is 157 Å². The second-order valence-corrected chi connectivity index (χ2v) is 7.28. The van der Waals surface area contributed by atoms with E-state index in [1.165, 1.54) is 0 Å². The summed E-state index contributed by atoms with van der Waals surface area (Å²) in [6.45, 7) is 4.81. The Hall–Kier alpha value is -2.23. The van der Waals surface area contributed by atoms with Crippen molar-refractivity contribution in [2.75, 3.05) is 5.32 Å². The van der Waals surface area contributed by atoms with Gasteiger partial charge in [0, 0.05) is 10.9 Å². The van der Waals surface area contributed by atoms with Crippen molar-refractivity contribution in [1.29, 1.82) is 0 Å².